The van der Waals surface area contributed by atoms with Gasteiger partial charge in [0.1, 0.15) is 12.4 Å². The number of benzene rings is 2. The Morgan fingerprint density at radius 1 is 1.17 bits per heavy atom. The Kier molecular flexibility index (Phi) is 4.79. The fraction of sp³-hybridized carbons (Fsp3) is 0.0714. The van der Waals surface area contributed by atoms with Gasteiger partial charge < -0.3 is 4.74 Å². The Morgan fingerprint density at radius 2 is 2.00 bits per heavy atom. The van der Waals surface area contributed by atoms with Crippen molar-refractivity contribution in [1.29, 1.82) is 0 Å². The van der Waals surface area contributed by atoms with Gasteiger partial charge in [-0.1, -0.05) is 29.3 Å². The molecule has 1 heterocycles. The molecule has 0 aliphatic rings. The maximum Gasteiger partial charge on any atom is 0.204 e. The predicted molar refractivity (Wildman–Crippen MR) is 88.1 cm³/mol. The van der Waals surface area contributed by atoms with Crippen LogP contribution in [0.25, 0.3) is 11.4 Å². The van der Waals surface area contributed by atoms with Crippen LogP contribution < -0.4 is 4.74 Å². The van der Waals surface area contributed by atoms with Crippen molar-refractivity contribution in [2.45, 2.75) is 6.61 Å². The Morgan fingerprint density at radius 3 is 2.65 bits per heavy atom. The molecule has 0 atom stereocenters. The van der Waals surface area contributed by atoms with E-state index in [4.69, 9.17) is 27.9 Å². The number of H-pyrrole nitrogens is 1. The number of aromatic amines is 1. The lowest BCUT2D eigenvalue weighted by Gasteiger charge is -2.12. The minimum absolute atomic E-state index is 0.152. The van der Waals surface area contributed by atoms with E-state index < -0.39 is 5.82 Å². The molecule has 0 spiro atoms. The molecule has 0 aliphatic heterocycles. The second-order valence-corrected chi connectivity index (χ2v) is 6.20. The first-order valence-corrected chi connectivity index (χ1v) is 7.89. The zero-order valence-electron chi connectivity index (χ0n) is 11.4. The van der Waals surface area contributed by atoms with Crippen LogP contribution in [0.15, 0.2) is 34.8 Å². The van der Waals surface area contributed by atoms with Crippen LogP contribution in [0.5, 0.6) is 5.75 Å². The van der Waals surface area contributed by atoms with Crippen LogP contribution in [0.3, 0.4) is 0 Å². The normalized spacial score (nSPS) is 10.8. The molecule has 23 heavy (non-hydrogen) atoms. The van der Waals surface area contributed by atoms with Gasteiger partial charge in [0.25, 0.3) is 0 Å². The van der Waals surface area contributed by atoms with Gasteiger partial charge in [-0.25, -0.2) is 4.39 Å². The second-order valence-electron chi connectivity index (χ2n) is 4.53. The molecule has 0 fully saturated rings. The number of hydrogen-bond donors (Lipinski definition) is 1. The Labute approximate surface area is 148 Å². The molecule has 0 amide bonds. The molecule has 0 saturated carbocycles. The van der Waals surface area contributed by atoms with Crippen molar-refractivity contribution in [3.63, 3.8) is 0 Å². The average Bonchev–Trinajstić information content (AvgIpc) is 3.02. The van der Waals surface area contributed by atoms with E-state index in [9.17, 15) is 4.39 Å². The number of aromatic nitrogens is 4. The molecule has 0 bridgehead atoms. The summed E-state index contributed by atoms with van der Waals surface area (Å²) in [5, 5.41) is 14.3. The molecule has 3 rings (SSSR count). The summed E-state index contributed by atoms with van der Waals surface area (Å²) in [7, 11) is 0. The average molecular weight is 418 g/mol. The first-order chi connectivity index (χ1) is 11.0. The van der Waals surface area contributed by atoms with Crippen LogP contribution in [0.1, 0.15) is 5.56 Å². The topological polar surface area (TPSA) is 63.7 Å². The van der Waals surface area contributed by atoms with Crippen molar-refractivity contribution in [1.82, 2.24) is 20.6 Å². The van der Waals surface area contributed by atoms with E-state index in [1.54, 1.807) is 18.2 Å². The fourth-order valence-electron chi connectivity index (χ4n) is 1.90. The highest BCUT2D eigenvalue weighted by Gasteiger charge is 2.13. The van der Waals surface area contributed by atoms with Crippen molar-refractivity contribution in [3.8, 4) is 17.1 Å². The van der Waals surface area contributed by atoms with E-state index in [2.05, 4.69) is 36.6 Å². The molecular weight excluding hydrogens is 410 g/mol. The van der Waals surface area contributed by atoms with Crippen LogP contribution in [0.4, 0.5) is 4.39 Å². The van der Waals surface area contributed by atoms with Gasteiger partial charge in [-0.2, -0.15) is 5.21 Å². The van der Waals surface area contributed by atoms with Gasteiger partial charge in [0.2, 0.25) is 5.82 Å². The van der Waals surface area contributed by atoms with Crippen molar-refractivity contribution >= 4 is 39.1 Å². The highest BCUT2D eigenvalue weighted by Crippen LogP contribution is 2.37. The van der Waals surface area contributed by atoms with Crippen LogP contribution in [-0.2, 0) is 6.61 Å². The van der Waals surface area contributed by atoms with Crippen LogP contribution >= 0.6 is 39.1 Å². The lowest BCUT2D eigenvalue weighted by molar-refractivity contribution is 0.304. The summed E-state index contributed by atoms with van der Waals surface area (Å²) in [6.45, 7) is 0.152. The Balaban J connectivity index is 1.83. The number of tetrazole rings is 1. The summed E-state index contributed by atoms with van der Waals surface area (Å²) in [6.07, 6.45) is 0. The second kappa shape index (κ2) is 6.82. The third-order valence-electron chi connectivity index (χ3n) is 2.99. The standard InChI is InChI=1S/C14H8BrCl2FN4O/c15-10-3-8(14-19-21-22-20-14)4-12(17)13(10)23-6-7-1-2-9(18)5-11(7)16/h1-5H,6H2,(H,19,20,21,22). The van der Waals surface area contributed by atoms with Crippen molar-refractivity contribution in [2.75, 3.05) is 0 Å². The third kappa shape index (κ3) is 3.63. The molecule has 2 aromatic carbocycles. The highest BCUT2D eigenvalue weighted by molar-refractivity contribution is 9.10. The summed E-state index contributed by atoms with van der Waals surface area (Å²) in [5.41, 5.74) is 1.33. The first-order valence-electron chi connectivity index (χ1n) is 6.34. The van der Waals surface area contributed by atoms with E-state index in [0.717, 1.165) is 0 Å². The molecule has 1 aromatic heterocycles. The first kappa shape index (κ1) is 16.2. The van der Waals surface area contributed by atoms with E-state index in [1.165, 1.54) is 12.1 Å². The van der Waals surface area contributed by atoms with Crippen molar-refractivity contribution < 1.29 is 9.13 Å². The van der Waals surface area contributed by atoms with Gasteiger partial charge in [-0.3, -0.25) is 0 Å². The number of rotatable bonds is 4. The number of halogens is 4. The molecule has 118 valence electrons. The van der Waals surface area contributed by atoms with E-state index >= 15 is 0 Å². The van der Waals surface area contributed by atoms with Gasteiger partial charge in [-0.15, -0.1) is 10.2 Å². The zero-order valence-corrected chi connectivity index (χ0v) is 14.5. The van der Waals surface area contributed by atoms with Crippen LogP contribution in [0, 0.1) is 5.82 Å². The smallest absolute Gasteiger partial charge is 0.204 e. The van der Waals surface area contributed by atoms with Gasteiger partial charge >= 0.3 is 0 Å². The molecule has 5 nitrogen and oxygen atoms in total. The lowest BCUT2D eigenvalue weighted by atomic mass is 10.2. The van der Waals surface area contributed by atoms with Crippen molar-refractivity contribution in [3.05, 3.63) is 56.2 Å². The summed E-state index contributed by atoms with van der Waals surface area (Å²) < 4.78 is 19.4. The number of nitrogens with zero attached hydrogens (tertiary/aromatic N) is 3. The van der Waals surface area contributed by atoms with Crippen LogP contribution in [0.2, 0.25) is 10.0 Å². The molecule has 0 unspecified atom stereocenters. The molecule has 0 radical (unpaired) electrons. The van der Waals surface area contributed by atoms with E-state index in [-0.39, 0.29) is 6.61 Å². The molecule has 3 aromatic rings. The largest absolute Gasteiger partial charge is 0.486 e. The van der Waals surface area contributed by atoms with Gasteiger partial charge in [-0.05, 0) is 45.4 Å². The highest BCUT2D eigenvalue weighted by atomic mass is 79.9. The van der Waals surface area contributed by atoms with Gasteiger partial charge in [0.05, 0.1) is 14.5 Å². The number of ether oxygens (including phenoxy) is 1. The lowest BCUT2D eigenvalue weighted by Crippen LogP contribution is -1.98. The fourth-order valence-corrected chi connectivity index (χ4v) is 3.08. The summed E-state index contributed by atoms with van der Waals surface area (Å²) >= 11 is 15.6. The molecule has 0 saturated heterocycles. The van der Waals surface area contributed by atoms with Crippen molar-refractivity contribution in [2.24, 2.45) is 0 Å². The molecule has 9 heteroatoms. The molecule has 1 N–H and O–H groups in total. The number of hydrogen-bond acceptors (Lipinski definition) is 4. The minimum atomic E-state index is -0.401. The SMILES string of the molecule is Fc1ccc(COc2c(Cl)cc(-c3nn[nH]n3)cc2Br)c(Cl)c1. The molecule has 0 aliphatic carbocycles. The maximum atomic E-state index is 13.0. The summed E-state index contributed by atoms with van der Waals surface area (Å²) in [5.74, 6) is 0.461. The Hall–Kier alpha value is -1.70. The number of nitrogens with one attached hydrogen (secondary N) is 1. The summed E-state index contributed by atoms with van der Waals surface area (Å²) in [6, 6.07) is 7.54. The molecular formula is C14H8BrCl2FN4O. The Bertz CT molecular complexity index is 822. The predicted octanol–water partition coefficient (Wildman–Crippen LogP) is 4.65. The van der Waals surface area contributed by atoms with E-state index in [1.807, 2.05) is 0 Å². The van der Waals surface area contributed by atoms with Gasteiger partial charge in [0.15, 0.2) is 5.75 Å². The zero-order chi connectivity index (χ0) is 16.4. The third-order valence-corrected chi connectivity index (χ3v) is 4.21. The minimum Gasteiger partial charge on any atom is -0.486 e. The van der Waals surface area contributed by atoms with Crippen LogP contribution in [-0.4, -0.2) is 20.6 Å². The van der Waals surface area contributed by atoms with Gasteiger partial charge in [0, 0.05) is 11.1 Å². The maximum absolute atomic E-state index is 13.0. The monoisotopic (exact) mass is 416 g/mol. The quantitative estimate of drug-likeness (QED) is 0.670. The van der Waals surface area contributed by atoms with E-state index in [0.29, 0.717) is 37.2 Å². The summed E-state index contributed by atoms with van der Waals surface area (Å²) in [4.78, 5) is 0.